The molecule has 23 heavy (non-hydrogen) atoms. The number of aromatic nitrogens is 3. The van der Waals surface area contributed by atoms with Crippen molar-refractivity contribution in [1.82, 2.24) is 19.7 Å². The van der Waals surface area contributed by atoms with Gasteiger partial charge >= 0.3 is 0 Å². The fourth-order valence-corrected chi connectivity index (χ4v) is 3.06. The largest absolute Gasteiger partial charge is 0.384 e. The molecule has 0 aliphatic rings. The van der Waals surface area contributed by atoms with Crippen molar-refractivity contribution in [2.24, 2.45) is 7.05 Å². The van der Waals surface area contributed by atoms with E-state index in [0.29, 0.717) is 0 Å². The second kappa shape index (κ2) is 6.16. The molecule has 1 N–H and O–H groups in total. The van der Waals surface area contributed by atoms with Crippen LogP contribution in [0.5, 0.6) is 0 Å². The van der Waals surface area contributed by atoms with Crippen LogP contribution in [-0.2, 0) is 7.05 Å². The SMILES string of the molecule is Cc1ccc2nc3c(c(C)nn3C)c(NCCCN(C)C)c2c1. The van der Waals surface area contributed by atoms with E-state index in [9.17, 15) is 0 Å². The zero-order chi connectivity index (χ0) is 16.6. The summed E-state index contributed by atoms with van der Waals surface area (Å²) in [6.45, 7) is 6.19. The van der Waals surface area contributed by atoms with Crippen molar-refractivity contribution in [3.05, 3.63) is 29.5 Å². The maximum atomic E-state index is 4.81. The Kier molecular flexibility index (Phi) is 4.22. The van der Waals surface area contributed by atoms with Crippen molar-refractivity contribution in [2.45, 2.75) is 20.3 Å². The van der Waals surface area contributed by atoms with Gasteiger partial charge in [0.1, 0.15) is 0 Å². The average Bonchev–Trinajstić information content (AvgIpc) is 2.77. The second-order valence-corrected chi connectivity index (χ2v) is 6.50. The Bertz CT molecular complexity index is 848. The summed E-state index contributed by atoms with van der Waals surface area (Å²) in [7, 11) is 6.17. The van der Waals surface area contributed by atoms with Crippen molar-refractivity contribution < 1.29 is 0 Å². The van der Waals surface area contributed by atoms with Crippen LogP contribution in [0.2, 0.25) is 0 Å². The summed E-state index contributed by atoms with van der Waals surface area (Å²) in [5, 5.41) is 10.5. The maximum Gasteiger partial charge on any atom is 0.160 e. The molecule has 0 saturated heterocycles. The maximum absolute atomic E-state index is 4.81. The smallest absolute Gasteiger partial charge is 0.160 e. The van der Waals surface area contributed by atoms with Gasteiger partial charge in [-0.05, 0) is 53.0 Å². The fraction of sp³-hybridized carbons (Fsp3) is 0.444. The van der Waals surface area contributed by atoms with Crippen LogP contribution in [0.15, 0.2) is 18.2 Å². The average molecular weight is 311 g/mol. The van der Waals surface area contributed by atoms with E-state index in [4.69, 9.17) is 4.98 Å². The molecule has 1 aromatic carbocycles. The van der Waals surface area contributed by atoms with Gasteiger partial charge in [-0.15, -0.1) is 0 Å². The molecule has 0 atom stereocenters. The van der Waals surface area contributed by atoms with E-state index in [-0.39, 0.29) is 0 Å². The Morgan fingerprint density at radius 3 is 2.74 bits per heavy atom. The number of fused-ring (bicyclic) bond motifs is 2. The molecule has 0 unspecified atom stereocenters. The Morgan fingerprint density at radius 1 is 1.22 bits per heavy atom. The molecule has 0 bridgehead atoms. The normalized spacial score (nSPS) is 11.7. The fourth-order valence-electron chi connectivity index (χ4n) is 3.06. The van der Waals surface area contributed by atoms with E-state index in [0.717, 1.165) is 47.4 Å². The molecule has 5 heteroatoms. The molecule has 0 spiro atoms. The van der Waals surface area contributed by atoms with E-state index >= 15 is 0 Å². The first-order valence-corrected chi connectivity index (χ1v) is 8.09. The number of pyridine rings is 1. The molecule has 0 amide bonds. The second-order valence-electron chi connectivity index (χ2n) is 6.50. The minimum Gasteiger partial charge on any atom is -0.384 e. The Balaban J connectivity index is 2.10. The van der Waals surface area contributed by atoms with Gasteiger partial charge in [0, 0.05) is 19.0 Å². The molecule has 5 nitrogen and oxygen atoms in total. The first kappa shape index (κ1) is 15.7. The van der Waals surface area contributed by atoms with Gasteiger partial charge in [-0.25, -0.2) is 4.98 Å². The lowest BCUT2D eigenvalue weighted by molar-refractivity contribution is 0.405. The lowest BCUT2D eigenvalue weighted by Gasteiger charge is -2.14. The molecule has 3 aromatic rings. The van der Waals surface area contributed by atoms with Gasteiger partial charge in [-0.3, -0.25) is 4.68 Å². The molecule has 0 aliphatic carbocycles. The van der Waals surface area contributed by atoms with E-state index < -0.39 is 0 Å². The van der Waals surface area contributed by atoms with Gasteiger partial charge < -0.3 is 10.2 Å². The van der Waals surface area contributed by atoms with Crippen LogP contribution < -0.4 is 5.32 Å². The summed E-state index contributed by atoms with van der Waals surface area (Å²) in [6, 6.07) is 6.42. The topological polar surface area (TPSA) is 46.0 Å². The number of benzene rings is 1. The Morgan fingerprint density at radius 2 is 2.00 bits per heavy atom. The molecule has 0 fully saturated rings. The van der Waals surface area contributed by atoms with Gasteiger partial charge in [0.05, 0.1) is 22.3 Å². The number of aryl methyl sites for hydroxylation is 3. The predicted molar refractivity (Wildman–Crippen MR) is 97.1 cm³/mol. The van der Waals surface area contributed by atoms with Gasteiger partial charge in [-0.2, -0.15) is 5.10 Å². The van der Waals surface area contributed by atoms with Crippen LogP contribution in [0.4, 0.5) is 5.69 Å². The summed E-state index contributed by atoms with van der Waals surface area (Å²) >= 11 is 0. The van der Waals surface area contributed by atoms with Crippen molar-refractivity contribution in [2.75, 3.05) is 32.5 Å². The molecule has 0 aliphatic heterocycles. The predicted octanol–water partition coefficient (Wildman–Crippen LogP) is 3.10. The highest BCUT2D eigenvalue weighted by molar-refractivity contribution is 6.07. The Hall–Kier alpha value is -2.14. The number of nitrogens with zero attached hydrogens (tertiary/aromatic N) is 4. The third-order valence-corrected chi connectivity index (χ3v) is 4.17. The van der Waals surface area contributed by atoms with E-state index in [2.05, 4.69) is 61.5 Å². The summed E-state index contributed by atoms with van der Waals surface area (Å²) in [5.41, 5.74) is 5.39. The first-order valence-electron chi connectivity index (χ1n) is 8.09. The van der Waals surface area contributed by atoms with E-state index in [1.807, 2.05) is 11.7 Å². The van der Waals surface area contributed by atoms with E-state index in [1.165, 1.54) is 10.9 Å². The first-order chi connectivity index (χ1) is 11.0. The van der Waals surface area contributed by atoms with E-state index in [1.54, 1.807) is 0 Å². The molecule has 3 rings (SSSR count). The molecule has 2 heterocycles. The molecule has 0 radical (unpaired) electrons. The summed E-state index contributed by atoms with van der Waals surface area (Å²) in [5.74, 6) is 0. The quantitative estimate of drug-likeness (QED) is 0.736. The zero-order valence-corrected chi connectivity index (χ0v) is 14.6. The Labute approximate surface area is 137 Å². The number of nitrogens with one attached hydrogen (secondary N) is 1. The zero-order valence-electron chi connectivity index (χ0n) is 14.6. The van der Waals surface area contributed by atoms with Crippen LogP contribution in [0.25, 0.3) is 21.9 Å². The van der Waals surface area contributed by atoms with Crippen LogP contribution in [0.1, 0.15) is 17.7 Å². The van der Waals surface area contributed by atoms with Crippen LogP contribution in [0, 0.1) is 13.8 Å². The number of anilines is 1. The van der Waals surface area contributed by atoms with Gasteiger partial charge in [-0.1, -0.05) is 11.6 Å². The monoisotopic (exact) mass is 311 g/mol. The van der Waals surface area contributed by atoms with Crippen LogP contribution in [-0.4, -0.2) is 46.8 Å². The third-order valence-electron chi connectivity index (χ3n) is 4.17. The molecule has 122 valence electrons. The molecular formula is C18H25N5. The summed E-state index contributed by atoms with van der Waals surface area (Å²) in [6.07, 6.45) is 1.10. The number of hydrogen-bond donors (Lipinski definition) is 1. The number of hydrogen-bond acceptors (Lipinski definition) is 4. The highest BCUT2D eigenvalue weighted by atomic mass is 15.3. The lowest BCUT2D eigenvalue weighted by Crippen LogP contribution is -2.16. The highest BCUT2D eigenvalue weighted by Crippen LogP contribution is 2.33. The van der Waals surface area contributed by atoms with Gasteiger partial charge in [0.25, 0.3) is 0 Å². The van der Waals surface area contributed by atoms with Crippen molar-refractivity contribution in [1.29, 1.82) is 0 Å². The van der Waals surface area contributed by atoms with Gasteiger partial charge in [0.15, 0.2) is 5.65 Å². The van der Waals surface area contributed by atoms with Crippen molar-refractivity contribution >= 4 is 27.6 Å². The highest BCUT2D eigenvalue weighted by Gasteiger charge is 2.15. The summed E-state index contributed by atoms with van der Waals surface area (Å²) in [4.78, 5) is 7.02. The third kappa shape index (κ3) is 3.01. The molecule has 2 aromatic heterocycles. The van der Waals surface area contributed by atoms with Crippen LogP contribution >= 0.6 is 0 Å². The minimum atomic E-state index is 0.939. The van der Waals surface area contributed by atoms with Crippen molar-refractivity contribution in [3.63, 3.8) is 0 Å². The van der Waals surface area contributed by atoms with Crippen LogP contribution in [0.3, 0.4) is 0 Å². The number of rotatable bonds is 5. The lowest BCUT2D eigenvalue weighted by atomic mass is 10.1. The van der Waals surface area contributed by atoms with Gasteiger partial charge in [0.2, 0.25) is 0 Å². The standard InChI is InChI=1S/C18H25N5/c1-12-7-8-15-14(11-12)17(19-9-6-10-22(3)4)16-13(2)21-23(5)18(16)20-15/h7-8,11H,6,9-10H2,1-5H3,(H,19,20). The minimum absolute atomic E-state index is 0.939. The molecule has 0 saturated carbocycles. The summed E-state index contributed by atoms with van der Waals surface area (Å²) < 4.78 is 1.87. The molecular weight excluding hydrogens is 286 g/mol. The van der Waals surface area contributed by atoms with Crippen molar-refractivity contribution in [3.8, 4) is 0 Å².